The van der Waals surface area contributed by atoms with Crippen LogP contribution in [0.5, 0.6) is 0 Å². The fourth-order valence-corrected chi connectivity index (χ4v) is 8.85. The molecule has 4 N–H and O–H groups in total. The van der Waals surface area contributed by atoms with Crippen molar-refractivity contribution in [3.8, 4) is 0 Å². The smallest absolute Gasteiger partial charge is 0.343 e. The summed E-state index contributed by atoms with van der Waals surface area (Å²) in [6.07, 6.45) is -4.24. The summed E-state index contributed by atoms with van der Waals surface area (Å²) in [6.45, 7) is 10.5. The van der Waals surface area contributed by atoms with E-state index in [0.717, 1.165) is 5.56 Å². The second-order valence-corrected chi connectivity index (χ2v) is 13.3. The Labute approximate surface area is 228 Å². The number of fused-ring (bicyclic) bond motifs is 3. The number of esters is 1. The number of carbonyl (C=O) groups is 1. The molecule has 3 aliphatic carbocycles. The van der Waals surface area contributed by atoms with Crippen molar-refractivity contribution in [1.82, 2.24) is 0 Å². The molecule has 0 amide bonds. The van der Waals surface area contributed by atoms with Crippen molar-refractivity contribution in [2.45, 2.75) is 108 Å². The fourth-order valence-electron chi connectivity index (χ4n) is 8.85. The van der Waals surface area contributed by atoms with Crippen LogP contribution in [0.3, 0.4) is 0 Å². The van der Waals surface area contributed by atoms with Crippen LogP contribution < -0.4 is 0 Å². The summed E-state index contributed by atoms with van der Waals surface area (Å²) in [6, 6.07) is 9.61. The van der Waals surface area contributed by atoms with Gasteiger partial charge in [0.25, 0.3) is 0 Å². The molecule has 2 saturated carbocycles. The molecule has 9 nitrogen and oxygen atoms in total. The lowest BCUT2D eigenvalue weighted by Gasteiger charge is -2.71. The normalized spacial score (nSPS) is 47.6. The summed E-state index contributed by atoms with van der Waals surface area (Å²) >= 11 is 0. The lowest BCUT2D eigenvalue weighted by Crippen LogP contribution is -2.85. The SMILES string of the molecule is CC1=C2[C@@]3(O)C(=O)OC(C)(C)[C@]2(C[C@@H]1O)[C@@H](O)[C@@H]1[C@]2(COC(C)(C)O2)[C@@H](OCc2ccccc2)C[C@H](O)[C@]13C. The van der Waals surface area contributed by atoms with Gasteiger partial charge in [0.2, 0.25) is 0 Å². The largest absolute Gasteiger partial charge is 0.456 e. The van der Waals surface area contributed by atoms with E-state index in [4.69, 9.17) is 18.9 Å². The van der Waals surface area contributed by atoms with Crippen LogP contribution in [-0.2, 0) is 30.3 Å². The Morgan fingerprint density at radius 3 is 2.33 bits per heavy atom. The minimum Gasteiger partial charge on any atom is -0.456 e. The lowest BCUT2D eigenvalue weighted by atomic mass is 9.38. The van der Waals surface area contributed by atoms with Crippen LogP contribution in [0.25, 0.3) is 0 Å². The topological polar surface area (TPSA) is 135 Å². The highest BCUT2D eigenvalue weighted by Gasteiger charge is 2.86. The third-order valence-electron chi connectivity index (χ3n) is 10.8. The average molecular weight is 545 g/mol. The Balaban J connectivity index is 1.57. The standard InChI is InChI=1S/C30H40O9/c1-16-18(31)13-28-21(16)30(35,24(34)38-25(28,2)3)27(6)19(32)12-20(36-14-17-10-8-7-9-11-17)29(22(27)23(28)33)15-37-26(4,5)39-29/h7-11,18-20,22-23,31-33,35H,12-15H2,1-6H3/t18-,19-,20-,22-,23-,27+,28-,29-,30+/m0/s1. The van der Waals surface area contributed by atoms with Gasteiger partial charge < -0.3 is 39.4 Å². The van der Waals surface area contributed by atoms with Gasteiger partial charge in [-0.2, -0.15) is 0 Å². The van der Waals surface area contributed by atoms with Crippen LogP contribution in [0.1, 0.15) is 59.9 Å². The quantitative estimate of drug-likeness (QED) is 0.333. The number of hydrogen-bond donors (Lipinski definition) is 4. The number of aliphatic hydroxyl groups excluding tert-OH is 3. The van der Waals surface area contributed by atoms with E-state index in [-0.39, 0.29) is 31.6 Å². The molecule has 2 saturated heterocycles. The molecular weight excluding hydrogens is 504 g/mol. The van der Waals surface area contributed by atoms with Gasteiger partial charge in [-0.1, -0.05) is 37.3 Å². The summed E-state index contributed by atoms with van der Waals surface area (Å²) in [4.78, 5) is 13.9. The highest BCUT2D eigenvalue weighted by molar-refractivity contribution is 5.89. The van der Waals surface area contributed by atoms with Crippen LogP contribution in [0, 0.1) is 16.7 Å². The second-order valence-electron chi connectivity index (χ2n) is 13.3. The van der Waals surface area contributed by atoms with Crippen molar-refractivity contribution in [3.63, 3.8) is 0 Å². The molecule has 9 heteroatoms. The molecule has 0 aromatic heterocycles. The number of cyclic esters (lactones) is 1. The number of ether oxygens (including phenoxy) is 4. The van der Waals surface area contributed by atoms with E-state index in [1.165, 1.54) is 0 Å². The van der Waals surface area contributed by atoms with Crippen molar-refractivity contribution in [2.24, 2.45) is 16.7 Å². The van der Waals surface area contributed by atoms with E-state index in [1.807, 2.05) is 30.3 Å². The number of hydrogen-bond acceptors (Lipinski definition) is 9. The summed E-state index contributed by atoms with van der Waals surface area (Å²) in [7, 11) is 0. The molecule has 4 fully saturated rings. The first kappa shape index (κ1) is 27.3. The van der Waals surface area contributed by atoms with Gasteiger partial charge in [-0.05, 0) is 57.7 Å². The third-order valence-corrected chi connectivity index (χ3v) is 10.8. The molecule has 214 valence electrons. The third kappa shape index (κ3) is 3.13. The Morgan fingerprint density at radius 2 is 1.72 bits per heavy atom. The molecule has 5 aliphatic rings. The number of rotatable bonds is 3. The molecule has 1 aromatic carbocycles. The van der Waals surface area contributed by atoms with Gasteiger partial charge in [0.05, 0.1) is 43.0 Å². The number of benzene rings is 1. The van der Waals surface area contributed by atoms with Gasteiger partial charge >= 0.3 is 5.97 Å². The van der Waals surface area contributed by atoms with Crippen LogP contribution in [0.4, 0.5) is 0 Å². The molecule has 1 aromatic rings. The zero-order valence-electron chi connectivity index (χ0n) is 23.4. The molecule has 1 spiro atoms. The highest BCUT2D eigenvalue weighted by atomic mass is 16.8. The molecule has 0 radical (unpaired) electrons. The van der Waals surface area contributed by atoms with E-state index in [2.05, 4.69) is 0 Å². The lowest BCUT2D eigenvalue weighted by molar-refractivity contribution is -0.347. The Morgan fingerprint density at radius 1 is 1.05 bits per heavy atom. The number of aliphatic hydroxyl groups is 4. The monoisotopic (exact) mass is 544 g/mol. The molecule has 2 aliphatic heterocycles. The first-order valence-corrected chi connectivity index (χ1v) is 13.8. The van der Waals surface area contributed by atoms with Gasteiger partial charge in [-0.3, -0.25) is 0 Å². The molecular formula is C30H40O9. The van der Waals surface area contributed by atoms with Gasteiger partial charge in [-0.25, -0.2) is 4.79 Å². The molecule has 9 atom stereocenters. The van der Waals surface area contributed by atoms with E-state index in [1.54, 1.807) is 41.5 Å². The van der Waals surface area contributed by atoms with E-state index < -0.39 is 69.7 Å². The van der Waals surface area contributed by atoms with Gasteiger partial charge in [-0.15, -0.1) is 0 Å². The number of carbonyl (C=O) groups excluding carboxylic acids is 1. The summed E-state index contributed by atoms with van der Waals surface area (Å²) < 4.78 is 25.2. The summed E-state index contributed by atoms with van der Waals surface area (Å²) in [5, 5.41) is 48.2. The Hall–Kier alpha value is -1.85. The van der Waals surface area contributed by atoms with Crippen molar-refractivity contribution in [1.29, 1.82) is 0 Å². The first-order valence-electron chi connectivity index (χ1n) is 13.8. The summed E-state index contributed by atoms with van der Waals surface area (Å²) in [5.41, 5.74) is -6.29. The van der Waals surface area contributed by atoms with Crippen LogP contribution in [-0.4, -0.2) is 80.0 Å². The highest BCUT2D eigenvalue weighted by Crippen LogP contribution is 2.74. The maximum Gasteiger partial charge on any atom is 0.343 e. The van der Waals surface area contributed by atoms with E-state index in [9.17, 15) is 25.2 Å². The van der Waals surface area contributed by atoms with Crippen LogP contribution in [0.15, 0.2) is 41.5 Å². The molecule has 39 heavy (non-hydrogen) atoms. The van der Waals surface area contributed by atoms with Crippen molar-refractivity contribution in [2.75, 3.05) is 6.61 Å². The Kier molecular flexibility index (Phi) is 5.69. The van der Waals surface area contributed by atoms with Crippen LogP contribution >= 0.6 is 0 Å². The van der Waals surface area contributed by atoms with Crippen LogP contribution in [0.2, 0.25) is 0 Å². The van der Waals surface area contributed by atoms with Crippen molar-refractivity contribution < 1.29 is 44.2 Å². The van der Waals surface area contributed by atoms with Gasteiger partial charge in [0.1, 0.15) is 11.2 Å². The molecule has 2 bridgehead atoms. The minimum absolute atomic E-state index is 0.0196. The predicted molar refractivity (Wildman–Crippen MR) is 138 cm³/mol. The maximum absolute atomic E-state index is 13.9. The predicted octanol–water partition coefficient (Wildman–Crippen LogP) is 1.99. The zero-order chi connectivity index (χ0) is 28.4. The van der Waals surface area contributed by atoms with E-state index in [0.29, 0.717) is 5.57 Å². The van der Waals surface area contributed by atoms with E-state index >= 15 is 0 Å². The minimum atomic E-state index is -2.32. The zero-order valence-corrected chi connectivity index (χ0v) is 23.4. The van der Waals surface area contributed by atoms with Crippen molar-refractivity contribution >= 4 is 5.97 Å². The first-order chi connectivity index (χ1) is 18.1. The average Bonchev–Trinajstić information content (AvgIpc) is 3.33. The van der Waals surface area contributed by atoms with Crippen molar-refractivity contribution in [3.05, 3.63) is 47.0 Å². The maximum atomic E-state index is 13.9. The second kappa shape index (κ2) is 8.12. The van der Waals surface area contributed by atoms with Gasteiger partial charge in [0, 0.05) is 17.8 Å². The molecule has 6 rings (SSSR count). The summed E-state index contributed by atoms with van der Waals surface area (Å²) in [5.74, 6) is -2.97. The molecule has 0 unspecified atom stereocenters. The van der Waals surface area contributed by atoms with Gasteiger partial charge in [0.15, 0.2) is 11.4 Å². The molecule has 2 heterocycles. The Bertz CT molecular complexity index is 1230. The fraction of sp³-hybridized carbons (Fsp3) is 0.700.